The molecule has 0 spiro atoms. The maximum Gasteiger partial charge on any atom is 0.254 e. The summed E-state index contributed by atoms with van der Waals surface area (Å²) in [6.07, 6.45) is -0.407. The summed E-state index contributed by atoms with van der Waals surface area (Å²) >= 11 is 0. The van der Waals surface area contributed by atoms with Crippen LogP contribution in [0.15, 0.2) is 72.8 Å². The van der Waals surface area contributed by atoms with E-state index in [1.807, 2.05) is 88.4 Å². The summed E-state index contributed by atoms with van der Waals surface area (Å²) in [6, 6.07) is 21.1. The molecule has 0 fully saturated rings. The van der Waals surface area contributed by atoms with Crippen LogP contribution in [-0.2, 0) is 22.4 Å². The fourth-order valence-corrected chi connectivity index (χ4v) is 5.30. The lowest BCUT2D eigenvalue weighted by Gasteiger charge is -2.41. The van der Waals surface area contributed by atoms with Crippen LogP contribution < -0.4 is 10.6 Å². The first-order valence-corrected chi connectivity index (χ1v) is 15.3. The molecule has 0 aliphatic rings. The number of amides is 3. The van der Waals surface area contributed by atoms with Gasteiger partial charge in [0.1, 0.15) is 23.4 Å². The molecule has 0 aromatic heterocycles. The highest BCUT2D eigenvalue weighted by molar-refractivity contribution is 5.98. The molecule has 0 bridgehead atoms. The van der Waals surface area contributed by atoms with Crippen LogP contribution in [0.3, 0.4) is 0 Å². The van der Waals surface area contributed by atoms with Crippen LogP contribution in [0.1, 0.15) is 66.7 Å². The lowest BCUT2D eigenvalue weighted by atomic mass is 9.80. The highest BCUT2D eigenvalue weighted by atomic mass is 16.3. The molecule has 0 aliphatic heterocycles. The van der Waals surface area contributed by atoms with Crippen molar-refractivity contribution in [1.82, 2.24) is 15.5 Å². The fraction of sp³-hybridized carbons (Fsp3) is 0.389. The van der Waals surface area contributed by atoms with Gasteiger partial charge >= 0.3 is 0 Å². The smallest absolute Gasteiger partial charge is 0.254 e. The highest BCUT2D eigenvalue weighted by Gasteiger charge is 2.43. The average Bonchev–Trinajstić information content (AvgIpc) is 3.03. The maximum atomic E-state index is 14.1. The maximum absolute atomic E-state index is 14.1. The van der Waals surface area contributed by atoms with Crippen molar-refractivity contribution < 1.29 is 24.6 Å². The minimum atomic E-state index is -1.72. The van der Waals surface area contributed by atoms with Gasteiger partial charge in [0.05, 0.1) is 11.6 Å². The number of carbonyl (C=O) groups excluding carboxylic acids is 3. The van der Waals surface area contributed by atoms with Crippen LogP contribution in [0.2, 0.25) is 0 Å². The van der Waals surface area contributed by atoms with Crippen molar-refractivity contribution in [3.8, 4) is 11.8 Å². The number of rotatable bonds is 14. The monoisotopic (exact) mass is 612 g/mol. The van der Waals surface area contributed by atoms with Gasteiger partial charge in [-0.3, -0.25) is 14.4 Å². The number of aryl methyl sites for hydroxylation is 1. The molecule has 3 unspecified atom stereocenters. The van der Waals surface area contributed by atoms with E-state index in [2.05, 4.69) is 10.6 Å². The van der Waals surface area contributed by atoms with Gasteiger partial charge in [0.15, 0.2) is 6.10 Å². The quantitative estimate of drug-likeness (QED) is 0.214. The zero-order chi connectivity index (χ0) is 33.1. The predicted molar refractivity (Wildman–Crippen MR) is 173 cm³/mol. The number of nitrogens with zero attached hydrogens (tertiary/aromatic N) is 2. The second kappa shape index (κ2) is 15.9. The van der Waals surface area contributed by atoms with Gasteiger partial charge in [0, 0.05) is 13.1 Å². The topological polar surface area (TPSA) is 143 Å². The molecule has 0 saturated heterocycles. The standard InChI is InChI=1S/C36H44N4O5/c1-6-36(4,5)32(34(44)38-21-20-25-18-16-24(3)17-19-25)40(7-2)35(45)31(42)29(22-26-12-9-8-10-13-26)39-33(43)27-14-11-15-30(41)28(27)23-37/h8-19,29,31-32,41-42H,6-7,20-22H2,1-5H3,(H,38,44)(H,39,43). The molecule has 3 aromatic carbocycles. The Kier molecular flexibility index (Phi) is 12.3. The molecule has 45 heavy (non-hydrogen) atoms. The fourth-order valence-electron chi connectivity index (χ4n) is 5.30. The third-order valence-corrected chi connectivity index (χ3v) is 8.32. The number of phenols is 1. The van der Waals surface area contributed by atoms with Crippen LogP contribution in [0.4, 0.5) is 0 Å². The molecule has 9 nitrogen and oxygen atoms in total. The van der Waals surface area contributed by atoms with E-state index in [1.165, 1.54) is 23.1 Å². The lowest BCUT2D eigenvalue weighted by Crippen LogP contribution is -2.61. The van der Waals surface area contributed by atoms with Gasteiger partial charge in [0.2, 0.25) is 5.91 Å². The third kappa shape index (κ3) is 8.93. The summed E-state index contributed by atoms with van der Waals surface area (Å²) < 4.78 is 0. The number of aliphatic hydroxyl groups excluding tert-OH is 1. The van der Waals surface area contributed by atoms with E-state index in [9.17, 15) is 29.9 Å². The molecular formula is C36H44N4O5. The molecule has 0 radical (unpaired) electrons. The molecule has 4 N–H and O–H groups in total. The summed E-state index contributed by atoms with van der Waals surface area (Å²) in [6.45, 7) is 10.1. The highest BCUT2D eigenvalue weighted by Crippen LogP contribution is 2.30. The van der Waals surface area contributed by atoms with Crippen LogP contribution >= 0.6 is 0 Å². The van der Waals surface area contributed by atoms with Crippen molar-refractivity contribution in [2.75, 3.05) is 13.1 Å². The molecule has 0 heterocycles. The van der Waals surface area contributed by atoms with Gasteiger partial charge in [-0.05, 0) is 61.8 Å². The van der Waals surface area contributed by atoms with Crippen molar-refractivity contribution in [2.45, 2.75) is 72.1 Å². The number of nitriles is 1. The Labute approximate surface area is 265 Å². The molecule has 3 atom stereocenters. The minimum absolute atomic E-state index is 0.0829. The molecule has 3 amide bonds. The number of hydrogen-bond acceptors (Lipinski definition) is 6. The molecule has 3 aromatic rings. The van der Waals surface area contributed by atoms with Crippen LogP contribution in [0.5, 0.6) is 5.75 Å². The zero-order valence-corrected chi connectivity index (χ0v) is 26.7. The van der Waals surface area contributed by atoms with Crippen LogP contribution in [0, 0.1) is 23.7 Å². The molecule has 9 heteroatoms. The van der Waals surface area contributed by atoms with E-state index in [1.54, 1.807) is 6.92 Å². The van der Waals surface area contributed by atoms with Crippen molar-refractivity contribution in [1.29, 1.82) is 5.26 Å². The Bertz CT molecular complexity index is 1500. The van der Waals surface area contributed by atoms with Crippen molar-refractivity contribution in [2.24, 2.45) is 5.41 Å². The first kappa shape index (κ1) is 34.8. The number of nitrogens with one attached hydrogen (secondary N) is 2. The number of carbonyl (C=O) groups is 3. The van der Waals surface area contributed by atoms with E-state index < -0.39 is 35.4 Å². The number of benzene rings is 3. The van der Waals surface area contributed by atoms with E-state index in [-0.39, 0.29) is 35.7 Å². The minimum Gasteiger partial charge on any atom is -0.507 e. The largest absolute Gasteiger partial charge is 0.507 e. The van der Waals surface area contributed by atoms with Crippen molar-refractivity contribution >= 4 is 17.7 Å². The average molecular weight is 613 g/mol. The van der Waals surface area contributed by atoms with Crippen LogP contribution in [0.25, 0.3) is 0 Å². The number of likely N-dealkylation sites (N-methyl/N-ethyl adjacent to an activating group) is 1. The van der Waals surface area contributed by atoms with E-state index in [0.29, 0.717) is 19.4 Å². The van der Waals surface area contributed by atoms with E-state index in [0.717, 1.165) is 16.7 Å². The van der Waals surface area contributed by atoms with Gasteiger partial charge in [0.25, 0.3) is 11.8 Å². The van der Waals surface area contributed by atoms with Crippen LogP contribution in [-0.4, -0.2) is 64.1 Å². The number of hydrogen-bond donors (Lipinski definition) is 4. The normalized spacial score (nSPS) is 13.2. The SMILES string of the molecule is CCN(C(=O)C(O)C(Cc1ccccc1)NC(=O)c1cccc(O)c1C#N)C(C(=O)NCCc1ccc(C)cc1)C(C)(C)CC. The summed E-state index contributed by atoms with van der Waals surface area (Å²) in [5.41, 5.74) is 2.06. The van der Waals surface area contributed by atoms with Gasteiger partial charge in [-0.2, -0.15) is 5.26 Å². The third-order valence-electron chi connectivity index (χ3n) is 8.32. The van der Waals surface area contributed by atoms with Gasteiger partial charge in [-0.15, -0.1) is 0 Å². The summed E-state index contributed by atoms with van der Waals surface area (Å²) in [5.74, 6) is -2.09. The zero-order valence-electron chi connectivity index (χ0n) is 26.7. The first-order valence-electron chi connectivity index (χ1n) is 15.3. The predicted octanol–water partition coefficient (Wildman–Crippen LogP) is 4.29. The van der Waals surface area contributed by atoms with Gasteiger partial charge in [-0.25, -0.2) is 0 Å². The lowest BCUT2D eigenvalue weighted by molar-refractivity contribution is -0.152. The molecule has 0 aliphatic carbocycles. The Balaban J connectivity index is 1.89. The molecule has 238 valence electrons. The summed E-state index contributed by atoms with van der Waals surface area (Å²) in [5, 5.41) is 36.9. The second-order valence-electron chi connectivity index (χ2n) is 11.9. The number of phenolic OH excluding ortho intramolecular Hbond substituents is 1. The summed E-state index contributed by atoms with van der Waals surface area (Å²) in [4.78, 5) is 42.6. The van der Waals surface area contributed by atoms with Crippen molar-refractivity contribution in [3.63, 3.8) is 0 Å². The second-order valence-corrected chi connectivity index (χ2v) is 11.9. The van der Waals surface area contributed by atoms with E-state index in [4.69, 9.17) is 0 Å². The number of aliphatic hydroxyl groups is 1. The first-order chi connectivity index (χ1) is 21.4. The Morgan fingerprint density at radius 1 is 0.956 bits per heavy atom. The Morgan fingerprint density at radius 2 is 1.62 bits per heavy atom. The number of aromatic hydroxyl groups is 1. The molecule has 0 saturated carbocycles. The van der Waals surface area contributed by atoms with Gasteiger partial charge in [-0.1, -0.05) is 87.0 Å². The van der Waals surface area contributed by atoms with E-state index >= 15 is 0 Å². The Morgan fingerprint density at radius 3 is 2.22 bits per heavy atom. The van der Waals surface area contributed by atoms with Gasteiger partial charge < -0.3 is 25.7 Å². The summed E-state index contributed by atoms with van der Waals surface area (Å²) in [7, 11) is 0. The van der Waals surface area contributed by atoms with Crippen molar-refractivity contribution in [3.05, 3.63) is 101 Å². The molecular weight excluding hydrogens is 568 g/mol. The Hall–Kier alpha value is -4.68. The molecule has 3 rings (SSSR count).